The van der Waals surface area contributed by atoms with Gasteiger partial charge in [0.2, 0.25) is 0 Å². The molecule has 0 saturated heterocycles. The van der Waals surface area contributed by atoms with E-state index in [0.29, 0.717) is 6.61 Å². The normalized spacial score (nSPS) is 21.3. The lowest BCUT2D eigenvalue weighted by Gasteiger charge is -2.45. The quantitative estimate of drug-likeness (QED) is 0.623. The van der Waals surface area contributed by atoms with Crippen molar-refractivity contribution in [3.05, 3.63) is 72.8 Å². The van der Waals surface area contributed by atoms with Crippen LogP contribution in [0, 0.1) is 11.8 Å². The van der Waals surface area contributed by atoms with Crippen LogP contribution in [-0.4, -0.2) is 26.1 Å². The Balaban J connectivity index is 2.02. The van der Waals surface area contributed by atoms with Crippen LogP contribution in [0.3, 0.4) is 0 Å². The molecule has 138 valence electrons. The summed E-state index contributed by atoms with van der Waals surface area (Å²) in [5.41, 5.74) is 0. The topological polar surface area (TPSA) is 29.5 Å². The highest BCUT2D eigenvalue weighted by atomic mass is 28.4. The van der Waals surface area contributed by atoms with E-state index in [2.05, 4.69) is 93.6 Å². The fraction of sp³-hybridized carbons (Fsp3) is 0.391. The van der Waals surface area contributed by atoms with Crippen molar-refractivity contribution in [2.75, 3.05) is 6.61 Å². The first-order valence-electron chi connectivity index (χ1n) is 9.47. The second-order valence-corrected chi connectivity index (χ2v) is 12.6. The van der Waals surface area contributed by atoms with Gasteiger partial charge in [-0.2, -0.15) is 0 Å². The molecular weight excluding hydrogens is 336 g/mol. The molecule has 3 atom stereocenters. The SMILES string of the molecule is C[C@H](O)[C@@H]1C=C[C@@H]1CO[Si](c1ccccc1)(c1ccccc1)C(C)(C)C. The summed E-state index contributed by atoms with van der Waals surface area (Å²) in [6, 6.07) is 21.4. The third-order valence-corrected chi connectivity index (χ3v) is 10.5. The molecule has 3 heteroatoms. The van der Waals surface area contributed by atoms with Crippen molar-refractivity contribution in [2.45, 2.75) is 38.8 Å². The molecule has 26 heavy (non-hydrogen) atoms. The Hall–Kier alpha value is -1.68. The molecule has 0 saturated carbocycles. The van der Waals surface area contributed by atoms with E-state index in [0.717, 1.165) is 0 Å². The molecule has 0 aromatic heterocycles. The van der Waals surface area contributed by atoms with Crippen molar-refractivity contribution < 1.29 is 9.53 Å². The predicted molar refractivity (Wildman–Crippen MR) is 111 cm³/mol. The average Bonchev–Trinajstić information content (AvgIpc) is 2.57. The zero-order valence-corrected chi connectivity index (χ0v) is 17.2. The molecule has 0 spiro atoms. The molecule has 0 bridgehead atoms. The first-order chi connectivity index (χ1) is 12.4. The van der Waals surface area contributed by atoms with Gasteiger partial charge >= 0.3 is 0 Å². The summed E-state index contributed by atoms with van der Waals surface area (Å²) >= 11 is 0. The van der Waals surface area contributed by atoms with Gasteiger partial charge in [-0.25, -0.2) is 0 Å². The molecule has 2 aromatic rings. The molecule has 0 radical (unpaired) electrons. The molecule has 1 aliphatic rings. The second-order valence-electron chi connectivity index (χ2n) is 8.34. The van der Waals surface area contributed by atoms with Crippen LogP contribution in [0.15, 0.2) is 72.8 Å². The lowest BCUT2D eigenvalue weighted by atomic mass is 9.79. The van der Waals surface area contributed by atoms with E-state index in [-0.39, 0.29) is 23.0 Å². The van der Waals surface area contributed by atoms with Crippen molar-refractivity contribution in [3.63, 3.8) is 0 Å². The number of aliphatic hydroxyl groups excluding tert-OH is 1. The third-order valence-electron chi connectivity index (χ3n) is 5.54. The molecular formula is C23H30O2Si. The van der Waals surface area contributed by atoms with Gasteiger partial charge in [-0.1, -0.05) is 93.6 Å². The Bertz CT molecular complexity index is 692. The molecule has 3 rings (SSSR count). The fourth-order valence-corrected chi connectivity index (χ4v) is 8.66. The van der Waals surface area contributed by atoms with E-state index >= 15 is 0 Å². The molecule has 2 nitrogen and oxygen atoms in total. The summed E-state index contributed by atoms with van der Waals surface area (Å²) in [6.07, 6.45) is 3.95. The summed E-state index contributed by atoms with van der Waals surface area (Å²) in [4.78, 5) is 0. The standard InChI is InChI=1S/C23H30O2Si/c1-18(24)22-16-15-19(22)17-25-26(23(2,3)4,20-11-7-5-8-12-20)21-13-9-6-10-14-21/h5-16,18-19,22,24H,17H2,1-4H3/t18-,19+,22-/m0/s1. The molecule has 1 aliphatic carbocycles. The highest BCUT2D eigenvalue weighted by molar-refractivity contribution is 6.99. The number of hydrogen-bond acceptors (Lipinski definition) is 2. The highest BCUT2D eigenvalue weighted by Gasteiger charge is 2.50. The maximum absolute atomic E-state index is 9.97. The van der Waals surface area contributed by atoms with Crippen molar-refractivity contribution >= 4 is 18.7 Å². The van der Waals surface area contributed by atoms with Crippen LogP contribution in [-0.2, 0) is 4.43 Å². The lowest BCUT2D eigenvalue weighted by Crippen LogP contribution is -2.67. The van der Waals surface area contributed by atoms with Crippen molar-refractivity contribution in [3.8, 4) is 0 Å². The second kappa shape index (κ2) is 7.51. The van der Waals surface area contributed by atoms with E-state index in [1.165, 1.54) is 10.4 Å². The Labute approximate surface area is 158 Å². The Morgan fingerprint density at radius 3 is 1.77 bits per heavy atom. The largest absolute Gasteiger partial charge is 0.407 e. The molecule has 0 amide bonds. The number of aliphatic hydroxyl groups is 1. The van der Waals surface area contributed by atoms with Gasteiger partial charge in [0.1, 0.15) is 0 Å². The minimum atomic E-state index is -2.47. The molecule has 0 aliphatic heterocycles. The highest BCUT2D eigenvalue weighted by Crippen LogP contribution is 2.38. The van der Waals surface area contributed by atoms with Gasteiger partial charge in [-0.3, -0.25) is 0 Å². The molecule has 2 aromatic carbocycles. The molecule has 1 N–H and O–H groups in total. The van der Waals surface area contributed by atoms with E-state index in [4.69, 9.17) is 4.43 Å². The Morgan fingerprint density at radius 2 is 1.42 bits per heavy atom. The number of hydrogen-bond donors (Lipinski definition) is 1. The van der Waals surface area contributed by atoms with Crippen molar-refractivity contribution in [1.82, 2.24) is 0 Å². The van der Waals surface area contributed by atoms with Gasteiger partial charge in [0.05, 0.1) is 6.10 Å². The van der Waals surface area contributed by atoms with E-state index < -0.39 is 8.32 Å². The van der Waals surface area contributed by atoms with E-state index in [9.17, 15) is 5.11 Å². The minimum Gasteiger partial charge on any atom is -0.407 e. The van der Waals surface area contributed by atoms with Crippen LogP contribution in [0.25, 0.3) is 0 Å². The monoisotopic (exact) mass is 366 g/mol. The van der Waals surface area contributed by atoms with Crippen LogP contribution in [0.5, 0.6) is 0 Å². The summed E-state index contributed by atoms with van der Waals surface area (Å²) in [7, 11) is -2.47. The van der Waals surface area contributed by atoms with Crippen LogP contribution >= 0.6 is 0 Å². The Kier molecular flexibility index (Phi) is 5.52. The summed E-state index contributed by atoms with van der Waals surface area (Å²) < 4.78 is 6.93. The van der Waals surface area contributed by atoms with Gasteiger partial charge in [-0.15, -0.1) is 0 Å². The smallest absolute Gasteiger partial charge is 0.261 e. The number of rotatable bonds is 6. The predicted octanol–water partition coefficient (Wildman–Crippen LogP) is 3.75. The lowest BCUT2D eigenvalue weighted by molar-refractivity contribution is 0.0926. The van der Waals surface area contributed by atoms with Crippen LogP contribution < -0.4 is 10.4 Å². The maximum atomic E-state index is 9.97. The first-order valence-corrected chi connectivity index (χ1v) is 11.4. The maximum Gasteiger partial charge on any atom is 0.261 e. The summed E-state index contributed by atoms with van der Waals surface area (Å²) in [6.45, 7) is 9.40. The third kappa shape index (κ3) is 3.44. The fourth-order valence-electron chi connectivity index (χ4n) is 4.06. The molecule has 0 heterocycles. The van der Waals surface area contributed by atoms with E-state index in [1.54, 1.807) is 0 Å². The van der Waals surface area contributed by atoms with Gasteiger partial charge in [0, 0.05) is 18.4 Å². The van der Waals surface area contributed by atoms with Crippen molar-refractivity contribution in [1.29, 1.82) is 0 Å². The number of benzene rings is 2. The minimum absolute atomic E-state index is 0.0104. The van der Waals surface area contributed by atoms with Crippen molar-refractivity contribution in [2.24, 2.45) is 11.8 Å². The first kappa shape index (κ1) is 19.1. The Morgan fingerprint density at radius 1 is 0.923 bits per heavy atom. The zero-order valence-electron chi connectivity index (χ0n) is 16.2. The van der Waals surface area contributed by atoms with E-state index in [1.807, 2.05) is 6.92 Å². The van der Waals surface area contributed by atoms with Crippen LogP contribution in [0.4, 0.5) is 0 Å². The van der Waals surface area contributed by atoms with Crippen LogP contribution in [0.1, 0.15) is 27.7 Å². The summed E-state index contributed by atoms with van der Waals surface area (Å²) in [5.74, 6) is 0.491. The van der Waals surface area contributed by atoms with Gasteiger partial charge in [-0.05, 0) is 22.3 Å². The van der Waals surface area contributed by atoms with Gasteiger partial charge in [0.25, 0.3) is 8.32 Å². The van der Waals surface area contributed by atoms with Crippen LogP contribution in [0.2, 0.25) is 5.04 Å². The molecule has 0 fully saturated rings. The zero-order chi connectivity index (χ0) is 18.8. The molecule has 0 unspecified atom stereocenters. The summed E-state index contributed by atoms with van der Waals surface area (Å²) in [5, 5.41) is 12.6. The van der Waals surface area contributed by atoms with Gasteiger partial charge < -0.3 is 9.53 Å². The van der Waals surface area contributed by atoms with Gasteiger partial charge in [0.15, 0.2) is 0 Å². The average molecular weight is 367 g/mol.